The zero-order chi connectivity index (χ0) is 18.4. The lowest BCUT2D eigenvalue weighted by molar-refractivity contribution is 0.0938. The Morgan fingerprint density at radius 2 is 1.69 bits per heavy atom. The van der Waals surface area contributed by atoms with Crippen molar-refractivity contribution >= 4 is 17.7 Å². The fourth-order valence-electron chi connectivity index (χ4n) is 3.27. The Kier molecular flexibility index (Phi) is 6.63. The van der Waals surface area contributed by atoms with Gasteiger partial charge in [-0.15, -0.1) is 0 Å². The Labute approximate surface area is 156 Å². The van der Waals surface area contributed by atoms with Gasteiger partial charge in [-0.05, 0) is 55.8 Å². The van der Waals surface area contributed by atoms with Gasteiger partial charge >= 0.3 is 0 Å². The molecule has 3 nitrogen and oxygen atoms in total. The average Bonchev–Trinajstić information content (AvgIpc) is 3.17. The molecule has 1 aliphatic rings. The standard InChI is InChI=1S/C20H22F2N2OS/c21-20(22)26-17-10-8-16(9-11-17)19(25)23-14-18(24-12-4-5-13-24)15-6-2-1-3-7-15/h1-3,6-11,18,20H,4-5,12-14H2,(H,23,25). The summed E-state index contributed by atoms with van der Waals surface area (Å²) >= 11 is 0.479. The first-order chi connectivity index (χ1) is 12.6. The van der Waals surface area contributed by atoms with Crippen molar-refractivity contribution in [3.63, 3.8) is 0 Å². The molecule has 0 saturated carbocycles. The van der Waals surface area contributed by atoms with Gasteiger partial charge in [0.05, 0.1) is 6.04 Å². The molecule has 0 spiro atoms. The molecule has 0 aliphatic carbocycles. The molecule has 2 aromatic carbocycles. The van der Waals surface area contributed by atoms with E-state index in [9.17, 15) is 13.6 Å². The molecule has 2 aromatic rings. The van der Waals surface area contributed by atoms with Crippen LogP contribution in [-0.4, -0.2) is 36.2 Å². The van der Waals surface area contributed by atoms with Crippen LogP contribution < -0.4 is 5.32 Å². The summed E-state index contributed by atoms with van der Waals surface area (Å²) < 4.78 is 24.8. The largest absolute Gasteiger partial charge is 0.350 e. The molecule has 1 unspecified atom stereocenters. The minimum absolute atomic E-state index is 0.149. The third kappa shape index (κ3) is 5.05. The van der Waals surface area contributed by atoms with Crippen molar-refractivity contribution in [1.82, 2.24) is 10.2 Å². The zero-order valence-electron chi connectivity index (χ0n) is 14.4. The van der Waals surface area contributed by atoms with Gasteiger partial charge in [-0.2, -0.15) is 8.78 Å². The highest BCUT2D eigenvalue weighted by molar-refractivity contribution is 7.99. The molecule has 1 N–H and O–H groups in total. The quantitative estimate of drug-likeness (QED) is 0.719. The maximum atomic E-state index is 12.4. The van der Waals surface area contributed by atoms with E-state index in [-0.39, 0.29) is 11.9 Å². The molecule has 1 fully saturated rings. The van der Waals surface area contributed by atoms with Crippen LogP contribution in [0.15, 0.2) is 59.5 Å². The molecule has 0 radical (unpaired) electrons. The number of carbonyl (C=O) groups excluding carboxylic acids is 1. The Balaban J connectivity index is 1.63. The lowest BCUT2D eigenvalue weighted by Gasteiger charge is -2.28. The van der Waals surface area contributed by atoms with Crippen LogP contribution >= 0.6 is 11.8 Å². The SMILES string of the molecule is O=C(NCC(c1ccccc1)N1CCCC1)c1ccc(SC(F)F)cc1. The van der Waals surface area contributed by atoms with Crippen LogP contribution in [0.4, 0.5) is 8.78 Å². The van der Waals surface area contributed by atoms with E-state index in [1.807, 2.05) is 18.2 Å². The van der Waals surface area contributed by atoms with E-state index in [4.69, 9.17) is 0 Å². The van der Waals surface area contributed by atoms with E-state index < -0.39 is 5.76 Å². The number of likely N-dealkylation sites (tertiary alicyclic amines) is 1. The summed E-state index contributed by atoms with van der Waals surface area (Å²) in [5.74, 6) is -2.64. The van der Waals surface area contributed by atoms with Crippen LogP contribution in [-0.2, 0) is 0 Å². The summed E-state index contributed by atoms with van der Waals surface area (Å²) in [4.78, 5) is 15.3. The number of hydrogen-bond acceptors (Lipinski definition) is 3. The van der Waals surface area contributed by atoms with Crippen molar-refractivity contribution < 1.29 is 13.6 Å². The predicted molar refractivity (Wildman–Crippen MR) is 101 cm³/mol. The van der Waals surface area contributed by atoms with Crippen molar-refractivity contribution in [2.75, 3.05) is 19.6 Å². The number of hydrogen-bond donors (Lipinski definition) is 1. The van der Waals surface area contributed by atoms with Gasteiger partial charge in [0.1, 0.15) is 0 Å². The van der Waals surface area contributed by atoms with E-state index in [1.165, 1.54) is 18.4 Å². The number of halogens is 2. The van der Waals surface area contributed by atoms with E-state index >= 15 is 0 Å². The molecule has 6 heteroatoms. The number of benzene rings is 2. The number of amides is 1. The molecule has 1 atom stereocenters. The number of thioether (sulfide) groups is 1. The van der Waals surface area contributed by atoms with E-state index in [1.54, 1.807) is 24.3 Å². The fourth-order valence-corrected chi connectivity index (χ4v) is 3.76. The molecule has 138 valence electrons. The molecular formula is C20H22F2N2OS. The maximum absolute atomic E-state index is 12.4. The number of carbonyl (C=O) groups is 1. The Bertz CT molecular complexity index is 704. The van der Waals surface area contributed by atoms with Crippen molar-refractivity contribution in [3.8, 4) is 0 Å². The van der Waals surface area contributed by atoms with E-state index in [0.717, 1.165) is 13.1 Å². The third-order valence-electron chi connectivity index (χ3n) is 4.56. The van der Waals surface area contributed by atoms with Gasteiger partial charge < -0.3 is 5.32 Å². The molecule has 26 heavy (non-hydrogen) atoms. The smallest absolute Gasteiger partial charge is 0.288 e. The van der Waals surface area contributed by atoms with E-state index in [2.05, 4.69) is 22.3 Å². The highest BCUT2D eigenvalue weighted by Crippen LogP contribution is 2.26. The summed E-state index contributed by atoms with van der Waals surface area (Å²) in [5.41, 5.74) is 1.68. The second-order valence-electron chi connectivity index (χ2n) is 6.28. The van der Waals surface area contributed by atoms with Crippen LogP contribution in [0.2, 0.25) is 0 Å². The number of nitrogens with one attached hydrogen (secondary N) is 1. The predicted octanol–water partition coefficient (Wildman–Crippen LogP) is 4.57. The van der Waals surface area contributed by atoms with Crippen LogP contribution in [0, 0.1) is 0 Å². The van der Waals surface area contributed by atoms with Gasteiger partial charge in [-0.3, -0.25) is 9.69 Å². The van der Waals surface area contributed by atoms with E-state index in [0.29, 0.717) is 28.8 Å². The fraction of sp³-hybridized carbons (Fsp3) is 0.350. The molecule has 1 heterocycles. The minimum atomic E-state index is -2.46. The Morgan fingerprint density at radius 3 is 2.31 bits per heavy atom. The molecule has 3 rings (SSSR count). The monoisotopic (exact) mass is 376 g/mol. The van der Waals surface area contributed by atoms with Gasteiger partial charge in [0.2, 0.25) is 0 Å². The van der Waals surface area contributed by atoms with Crippen molar-refractivity contribution in [2.24, 2.45) is 0 Å². The number of nitrogens with zero attached hydrogens (tertiary/aromatic N) is 1. The van der Waals surface area contributed by atoms with Crippen LogP contribution in [0.3, 0.4) is 0 Å². The average molecular weight is 376 g/mol. The van der Waals surface area contributed by atoms with Crippen molar-refractivity contribution in [1.29, 1.82) is 0 Å². The summed E-state index contributed by atoms with van der Waals surface area (Å²) in [7, 11) is 0. The first-order valence-electron chi connectivity index (χ1n) is 8.75. The first-order valence-corrected chi connectivity index (χ1v) is 9.63. The van der Waals surface area contributed by atoms with Gasteiger partial charge in [-0.1, -0.05) is 42.1 Å². The van der Waals surface area contributed by atoms with Gasteiger partial charge in [0, 0.05) is 17.0 Å². The summed E-state index contributed by atoms with van der Waals surface area (Å²) in [5, 5.41) is 3.00. The molecule has 1 saturated heterocycles. The maximum Gasteiger partial charge on any atom is 0.288 e. The lowest BCUT2D eigenvalue weighted by atomic mass is 10.1. The minimum Gasteiger partial charge on any atom is -0.350 e. The van der Waals surface area contributed by atoms with Gasteiger partial charge in [0.25, 0.3) is 11.7 Å². The molecule has 0 aromatic heterocycles. The second-order valence-corrected chi connectivity index (χ2v) is 7.35. The van der Waals surface area contributed by atoms with Gasteiger partial charge in [0.15, 0.2) is 0 Å². The Morgan fingerprint density at radius 1 is 1.04 bits per heavy atom. The normalized spacial score (nSPS) is 16.0. The van der Waals surface area contributed by atoms with Crippen LogP contribution in [0.1, 0.15) is 34.8 Å². The van der Waals surface area contributed by atoms with Crippen molar-refractivity contribution in [3.05, 3.63) is 65.7 Å². The number of alkyl halides is 2. The lowest BCUT2D eigenvalue weighted by Crippen LogP contribution is -2.36. The van der Waals surface area contributed by atoms with Crippen molar-refractivity contribution in [2.45, 2.75) is 29.5 Å². The Hall–Kier alpha value is -1.92. The highest BCUT2D eigenvalue weighted by atomic mass is 32.2. The van der Waals surface area contributed by atoms with Gasteiger partial charge in [-0.25, -0.2) is 0 Å². The molecular weight excluding hydrogens is 354 g/mol. The topological polar surface area (TPSA) is 32.3 Å². The summed E-state index contributed by atoms with van der Waals surface area (Å²) in [6, 6.07) is 16.6. The zero-order valence-corrected chi connectivity index (χ0v) is 15.2. The van der Waals surface area contributed by atoms with Crippen LogP contribution in [0.25, 0.3) is 0 Å². The third-order valence-corrected chi connectivity index (χ3v) is 5.29. The van der Waals surface area contributed by atoms with Crippen LogP contribution in [0.5, 0.6) is 0 Å². The number of rotatable bonds is 7. The highest BCUT2D eigenvalue weighted by Gasteiger charge is 2.24. The summed E-state index contributed by atoms with van der Waals surface area (Å²) in [6.07, 6.45) is 2.36. The molecule has 1 aliphatic heterocycles. The molecule has 0 bridgehead atoms. The second kappa shape index (κ2) is 9.14. The first kappa shape index (κ1) is 18.9. The molecule has 1 amide bonds. The summed E-state index contributed by atoms with van der Waals surface area (Å²) in [6.45, 7) is 2.60.